The van der Waals surface area contributed by atoms with Crippen LogP contribution in [0.1, 0.15) is 75.8 Å². The first-order valence-electron chi connectivity index (χ1n) is 9.52. The average molecular weight is 302 g/mol. The van der Waals surface area contributed by atoms with E-state index in [1.807, 2.05) is 6.07 Å². The van der Waals surface area contributed by atoms with E-state index in [2.05, 4.69) is 6.92 Å². The largest absolute Gasteiger partial charge is 0.207 e. The minimum Gasteiger partial charge on any atom is -0.207 e. The average Bonchev–Trinajstić information content (AvgIpc) is 2.54. The van der Waals surface area contributed by atoms with Gasteiger partial charge in [0.25, 0.3) is 0 Å². The second kappa shape index (κ2) is 7.62. The number of aryl methyl sites for hydroxylation is 1. The summed E-state index contributed by atoms with van der Waals surface area (Å²) in [6.07, 6.45) is 15.0. The smallest absolute Gasteiger partial charge is 0.123 e. The van der Waals surface area contributed by atoms with E-state index in [1.54, 1.807) is 12.1 Å². The van der Waals surface area contributed by atoms with Crippen LogP contribution in [0, 0.1) is 23.6 Å². The number of hydrogen-bond acceptors (Lipinski definition) is 0. The van der Waals surface area contributed by atoms with Gasteiger partial charge in [0.1, 0.15) is 5.82 Å². The summed E-state index contributed by atoms with van der Waals surface area (Å²) in [5, 5.41) is 0. The lowest BCUT2D eigenvalue weighted by Gasteiger charge is -2.30. The van der Waals surface area contributed by atoms with Crippen molar-refractivity contribution in [2.24, 2.45) is 17.8 Å². The molecule has 0 aromatic heterocycles. The lowest BCUT2D eigenvalue weighted by Crippen LogP contribution is -2.18. The van der Waals surface area contributed by atoms with Gasteiger partial charge in [0.05, 0.1) is 0 Å². The van der Waals surface area contributed by atoms with Gasteiger partial charge in [-0.2, -0.15) is 0 Å². The van der Waals surface area contributed by atoms with Gasteiger partial charge in [0.2, 0.25) is 0 Å². The molecule has 0 spiro atoms. The first-order chi connectivity index (χ1) is 10.7. The highest BCUT2D eigenvalue weighted by molar-refractivity contribution is 5.30. The first kappa shape index (κ1) is 16.0. The van der Waals surface area contributed by atoms with Crippen LogP contribution in [0.15, 0.2) is 18.2 Å². The third kappa shape index (κ3) is 4.12. The topological polar surface area (TPSA) is 0 Å². The fraction of sp³-hybridized carbons (Fsp3) is 0.714. The summed E-state index contributed by atoms with van der Waals surface area (Å²) < 4.78 is 13.4. The number of fused-ring (bicyclic) bond motifs is 1. The molecule has 22 heavy (non-hydrogen) atoms. The van der Waals surface area contributed by atoms with Crippen molar-refractivity contribution in [1.29, 1.82) is 0 Å². The van der Waals surface area contributed by atoms with Gasteiger partial charge in [-0.05, 0) is 66.7 Å². The van der Waals surface area contributed by atoms with E-state index >= 15 is 0 Å². The highest BCUT2D eigenvalue weighted by Crippen LogP contribution is 2.36. The molecule has 1 saturated carbocycles. The molecular weight excluding hydrogens is 271 g/mol. The second-order valence-corrected chi connectivity index (χ2v) is 7.77. The summed E-state index contributed by atoms with van der Waals surface area (Å²) in [4.78, 5) is 0. The Labute approximate surface area is 135 Å². The van der Waals surface area contributed by atoms with Gasteiger partial charge in [-0.25, -0.2) is 4.39 Å². The molecule has 1 aromatic carbocycles. The lowest BCUT2D eigenvalue weighted by atomic mass is 9.75. The Kier molecular flexibility index (Phi) is 5.55. The third-order valence-electron chi connectivity index (χ3n) is 6.15. The van der Waals surface area contributed by atoms with Crippen LogP contribution >= 0.6 is 0 Å². The molecule has 0 nitrogen and oxygen atoms in total. The van der Waals surface area contributed by atoms with Gasteiger partial charge in [-0.1, -0.05) is 57.9 Å². The maximum absolute atomic E-state index is 13.4. The maximum atomic E-state index is 13.4. The van der Waals surface area contributed by atoms with Gasteiger partial charge in [0, 0.05) is 0 Å². The van der Waals surface area contributed by atoms with Crippen LogP contribution in [0.3, 0.4) is 0 Å². The number of benzene rings is 1. The van der Waals surface area contributed by atoms with Crippen LogP contribution in [-0.4, -0.2) is 0 Å². The predicted molar refractivity (Wildman–Crippen MR) is 91.5 cm³/mol. The molecule has 0 bridgehead atoms. The molecule has 0 saturated heterocycles. The van der Waals surface area contributed by atoms with Crippen molar-refractivity contribution in [2.75, 3.05) is 0 Å². The maximum Gasteiger partial charge on any atom is 0.123 e. The molecule has 1 atom stereocenters. The minimum atomic E-state index is -0.0614. The van der Waals surface area contributed by atoms with E-state index in [4.69, 9.17) is 0 Å². The van der Waals surface area contributed by atoms with Gasteiger partial charge in [0.15, 0.2) is 0 Å². The summed E-state index contributed by atoms with van der Waals surface area (Å²) in [6, 6.07) is 5.39. The van der Waals surface area contributed by atoms with Crippen molar-refractivity contribution in [1.82, 2.24) is 0 Å². The second-order valence-electron chi connectivity index (χ2n) is 7.77. The molecule has 2 aliphatic rings. The molecule has 0 radical (unpaired) electrons. The minimum absolute atomic E-state index is 0.0614. The van der Waals surface area contributed by atoms with Crippen LogP contribution in [-0.2, 0) is 12.8 Å². The molecule has 2 aliphatic carbocycles. The van der Waals surface area contributed by atoms with Crippen molar-refractivity contribution < 1.29 is 4.39 Å². The van der Waals surface area contributed by atoms with Gasteiger partial charge < -0.3 is 0 Å². The summed E-state index contributed by atoms with van der Waals surface area (Å²) in [6.45, 7) is 2.32. The van der Waals surface area contributed by atoms with Crippen molar-refractivity contribution in [3.8, 4) is 0 Å². The van der Waals surface area contributed by atoms with Crippen LogP contribution in [0.2, 0.25) is 0 Å². The fourth-order valence-corrected chi connectivity index (χ4v) is 4.74. The molecule has 1 heteroatoms. The molecule has 0 heterocycles. The van der Waals surface area contributed by atoms with Crippen LogP contribution < -0.4 is 0 Å². The predicted octanol–water partition coefficient (Wildman–Crippen LogP) is 6.32. The van der Waals surface area contributed by atoms with E-state index in [-0.39, 0.29) is 5.82 Å². The molecule has 0 N–H and O–H groups in total. The highest BCUT2D eigenvalue weighted by Gasteiger charge is 2.23. The first-order valence-corrected chi connectivity index (χ1v) is 9.52. The van der Waals surface area contributed by atoms with Gasteiger partial charge in [-0.15, -0.1) is 0 Å². The number of halogens is 1. The Morgan fingerprint density at radius 3 is 2.27 bits per heavy atom. The zero-order valence-electron chi connectivity index (χ0n) is 14.1. The van der Waals surface area contributed by atoms with E-state index in [1.165, 1.54) is 68.9 Å². The van der Waals surface area contributed by atoms with Crippen LogP contribution in [0.4, 0.5) is 4.39 Å². The van der Waals surface area contributed by atoms with Crippen molar-refractivity contribution in [3.63, 3.8) is 0 Å². The molecule has 3 rings (SSSR count). The summed E-state index contributed by atoms with van der Waals surface area (Å²) in [5.74, 6) is 2.73. The van der Waals surface area contributed by atoms with Crippen LogP contribution in [0.25, 0.3) is 0 Å². The lowest BCUT2D eigenvalue weighted by molar-refractivity contribution is 0.236. The Bertz CT molecular complexity index is 471. The molecule has 0 aliphatic heterocycles. The Balaban J connectivity index is 1.43. The zero-order chi connectivity index (χ0) is 15.4. The molecule has 0 amide bonds. The highest BCUT2D eigenvalue weighted by atomic mass is 19.1. The van der Waals surface area contributed by atoms with Crippen molar-refractivity contribution >= 4 is 0 Å². The Hall–Kier alpha value is -0.850. The van der Waals surface area contributed by atoms with E-state index < -0.39 is 0 Å². The Morgan fingerprint density at radius 1 is 0.864 bits per heavy atom. The normalized spacial score (nSPS) is 28.4. The third-order valence-corrected chi connectivity index (χ3v) is 6.15. The fourth-order valence-electron chi connectivity index (χ4n) is 4.74. The molecule has 1 aromatic rings. The van der Waals surface area contributed by atoms with Crippen molar-refractivity contribution in [2.45, 2.75) is 77.6 Å². The molecule has 1 unspecified atom stereocenters. The summed E-state index contributed by atoms with van der Waals surface area (Å²) >= 11 is 0. The van der Waals surface area contributed by atoms with E-state index in [0.717, 1.165) is 30.6 Å². The van der Waals surface area contributed by atoms with Gasteiger partial charge >= 0.3 is 0 Å². The molecule has 122 valence electrons. The quantitative estimate of drug-likeness (QED) is 0.597. The number of hydrogen-bond donors (Lipinski definition) is 0. The molecular formula is C21H31F. The standard InChI is InChI=1S/C21H31F/c1-2-3-16-4-6-17(7-5-16)8-9-18-10-11-19-12-13-21(22)15-20(19)14-18/h12-13,15-18H,2-11,14H2,1H3. The van der Waals surface area contributed by atoms with E-state index in [0.29, 0.717) is 0 Å². The molecule has 1 fully saturated rings. The summed E-state index contributed by atoms with van der Waals surface area (Å²) in [7, 11) is 0. The van der Waals surface area contributed by atoms with Crippen LogP contribution in [0.5, 0.6) is 0 Å². The number of rotatable bonds is 5. The van der Waals surface area contributed by atoms with Gasteiger partial charge in [-0.3, -0.25) is 0 Å². The van der Waals surface area contributed by atoms with Crippen molar-refractivity contribution in [3.05, 3.63) is 35.1 Å². The zero-order valence-corrected chi connectivity index (χ0v) is 14.1. The van der Waals surface area contributed by atoms with E-state index in [9.17, 15) is 4.39 Å². The summed E-state index contributed by atoms with van der Waals surface area (Å²) in [5.41, 5.74) is 2.67. The SMILES string of the molecule is CCCC1CCC(CCC2CCc3ccc(F)cc3C2)CC1. The Morgan fingerprint density at radius 2 is 1.55 bits per heavy atom. The monoisotopic (exact) mass is 302 g/mol.